The van der Waals surface area contributed by atoms with E-state index in [4.69, 9.17) is 4.99 Å². The summed E-state index contributed by atoms with van der Waals surface area (Å²) in [5.41, 5.74) is 6.54. The molecule has 3 aliphatic rings. The van der Waals surface area contributed by atoms with Gasteiger partial charge in [0.25, 0.3) is 11.8 Å². The number of fused-ring (bicyclic) bond motifs is 1. The lowest BCUT2D eigenvalue weighted by atomic mass is 9.94. The van der Waals surface area contributed by atoms with Crippen LogP contribution in [0.1, 0.15) is 22.4 Å². The van der Waals surface area contributed by atoms with Gasteiger partial charge in [-0.15, -0.1) is 0 Å². The number of rotatable bonds is 4. The number of nitrogens with one attached hydrogen (secondary N) is 1. The summed E-state index contributed by atoms with van der Waals surface area (Å²) >= 11 is 0. The van der Waals surface area contributed by atoms with Crippen molar-refractivity contribution in [3.63, 3.8) is 0 Å². The van der Waals surface area contributed by atoms with Crippen LogP contribution in [0.2, 0.25) is 0 Å². The van der Waals surface area contributed by atoms with Crippen molar-refractivity contribution in [2.24, 2.45) is 4.99 Å². The van der Waals surface area contributed by atoms with E-state index in [0.29, 0.717) is 17.1 Å². The maximum absolute atomic E-state index is 13.2. The Kier molecular flexibility index (Phi) is 4.47. The smallest absolute Gasteiger partial charge is 0.261 e. The average molecular weight is 473 g/mol. The van der Waals surface area contributed by atoms with E-state index < -0.39 is 11.8 Å². The molecule has 0 fully saturated rings. The Bertz CT molecular complexity index is 1660. The maximum atomic E-state index is 13.2. The number of carbonyl (C=O) groups is 2. The molecule has 3 aromatic heterocycles. The summed E-state index contributed by atoms with van der Waals surface area (Å²) in [6, 6.07) is 16.0. The quantitative estimate of drug-likeness (QED) is 0.461. The second kappa shape index (κ2) is 7.84. The first kappa shape index (κ1) is 20.5. The highest BCUT2D eigenvalue weighted by molar-refractivity contribution is 6.47. The Morgan fingerprint density at radius 3 is 2.72 bits per heavy atom. The Balaban J connectivity index is 1.37. The molecule has 0 saturated carbocycles. The van der Waals surface area contributed by atoms with Crippen molar-refractivity contribution >= 4 is 34.4 Å². The molecule has 4 aromatic rings. The molecule has 0 radical (unpaired) electrons. The lowest BCUT2D eigenvalue weighted by molar-refractivity contribution is -0.123. The molecule has 2 amide bonds. The molecule has 6 heterocycles. The number of imidazole rings is 1. The first-order valence-corrected chi connectivity index (χ1v) is 11.8. The van der Waals surface area contributed by atoms with Gasteiger partial charge in [0.1, 0.15) is 5.65 Å². The number of benzene rings is 1. The number of amides is 2. The Morgan fingerprint density at radius 2 is 1.83 bits per heavy atom. The third-order valence-electron chi connectivity index (χ3n) is 6.97. The second-order valence-corrected chi connectivity index (χ2v) is 9.02. The molecule has 1 atom stereocenters. The number of carbonyl (C=O) groups excluding carboxylic acids is 2. The van der Waals surface area contributed by atoms with E-state index >= 15 is 0 Å². The van der Waals surface area contributed by atoms with Crippen LogP contribution in [0.25, 0.3) is 11.2 Å². The van der Waals surface area contributed by atoms with Crippen molar-refractivity contribution in [2.45, 2.75) is 18.9 Å². The van der Waals surface area contributed by atoms with Crippen molar-refractivity contribution in [2.75, 3.05) is 4.90 Å². The average Bonchev–Trinajstić information content (AvgIpc) is 3.50. The zero-order valence-corrected chi connectivity index (χ0v) is 19.1. The van der Waals surface area contributed by atoms with Crippen molar-refractivity contribution in [3.05, 3.63) is 114 Å². The Labute approximate surface area is 206 Å². The monoisotopic (exact) mass is 472 g/mol. The highest BCUT2D eigenvalue weighted by Crippen LogP contribution is 2.40. The fourth-order valence-corrected chi connectivity index (χ4v) is 5.44. The molecule has 8 nitrogen and oxygen atoms in total. The van der Waals surface area contributed by atoms with E-state index in [1.54, 1.807) is 12.4 Å². The van der Waals surface area contributed by atoms with Crippen LogP contribution in [-0.4, -0.2) is 37.9 Å². The largest absolute Gasteiger partial charge is 0.342 e. The van der Waals surface area contributed by atoms with Gasteiger partial charge < -0.3 is 4.90 Å². The van der Waals surface area contributed by atoms with Gasteiger partial charge in [0, 0.05) is 42.6 Å². The van der Waals surface area contributed by atoms with Crippen LogP contribution in [0.15, 0.2) is 96.3 Å². The zero-order chi connectivity index (χ0) is 24.2. The maximum Gasteiger partial charge on any atom is 0.261 e. The van der Waals surface area contributed by atoms with Gasteiger partial charge in [-0.3, -0.25) is 29.3 Å². The Morgan fingerprint density at radius 1 is 0.972 bits per heavy atom. The number of imide groups is 1. The number of hydrogen-bond acceptors (Lipinski definition) is 6. The summed E-state index contributed by atoms with van der Waals surface area (Å²) < 4.78 is 1.81. The van der Waals surface area contributed by atoms with E-state index in [2.05, 4.69) is 26.3 Å². The summed E-state index contributed by atoms with van der Waals surface area (Å²) in [5, 5.41) is 2.48. The lowest BCUT2D eigenvalue weighted by Crippen LogP contribution is -2.29. The molecule has 0 spiro atoms. The highest BCUT2D eigenvalue weighted by Gasteiger charge is 2.39. The fourth-order valence-electron chi connectivity index (χ4n) is 5.44. The highest BCUT2D eigenvalue weighted by atomic mass is 16.2. The molecule has 174 valence electrons. The number of aliphatic imine (C=N–C) groups is 1. The van der Waals surface area contributed by atoms with Gasteiger partial charge in [0.05, 0.1) is 34.4 Å². The van der Waals surface area contributed by atoms with E-state index in [1.165, 1.54) is 11.1 Å². The van der Waals surface area contributed by atoms with Crippen LogP contribution < -0.4 is 10.2 Å². The van der Waals surface area contributed by atoms with Crippen molar-refractivity contribution in [1.82, 2.24) is 19.7 Å². The number of aromatic nitrogens is 3. The minimum absolute atomic E-state index is 0.209. The molecule has 0 bridgehead atoms. The van der Waals surface area contributed by atoms with Crippen LogP contribution in [0.4, 0.5) is 5.69 Å². The third kappa shape index (κ3) is 3.04. The van der Waals surface area contributed by atoms with Gasteiger partial charge in [-0.25, -0.2) is 4.98 Å². The first-order valence-electron chi connectivity index (χ1n) is 11.8. The standard InChI is InChI=1S/C28H20N6O2/c35-27-23(21-16-31-22-6-1-2-12-34(21)22)24(28(36)32-27)25-20-5-3-4-18-15-19(14-17-7-9-29-10-8-17)33(26(18)20)13-11-30-25/h1-13,16,19H,14-15H2,(H,32,35,36). The topological polar surface area (TPSA) is 92.0 Å². The predicted molar refractivity (Wildman–Crippen MR) is 135 cm³/mol. The van der Waals surface area contributed by atoms with Gasteiger partial charge >= 0.3 is 0 Å². The molecule has 3 aliphatic heterocycles. The molecule has 1 N–H and O–H groups in total. The van der Waals surface area contributed by atoms with Crippen LogP contribution in [-0.2, 0) is 22.4 Å². The van der Waals surface area contributed by atoms with Crippen molar-refractivity contribution in [3.8, 4) is 0 Å². The summed E-state index contributed by atoms with van der Waals surface area (Å²) in [7, 11) is 0. The summed E-state index contributed by atoms with van der Waals surface area (Å²) in [6.45, 7) is 0. The lowest BCUT2D eigenvalue weighted by Gasteiger charge is -2.24. The van der Waals surface area contributed by atoms with E-state index in [0.717, 1.165) is 24.1 Å². The number of anilines is 1. The number of pyridine rings is 2. The molecule has 36 heavy (non-hydrogen) atoms. The number of nitrogens with zero attached hydrogens (tertiary/aromatic N) is 5. The van der Waals surface area contributed by atoms with E-state index in [-0.39, 0.29) is 17.2 Å². The molecule has 1 aromatic carbocycles. The molecule has 0 saturated heterocycles. The summed E-state index contributed by atoms with van der Waals surface area (Å²) in [4.78, 5) is 41.8. The summed E-state index contributed by atoms with van der Waals surface area (Å²) in [5.74, 6) is -0.901. The predicted octanol–water partition coefficient (Wildman–Crippen LogP) is 3.09. The van der Waals surface area contributed by atoms with Gasteiger partial charge in [0.15, 0.2) is 0 Å². The molecule has 8 heteroatoms. The van der Waals surface area contributed by atoms with Crippen LogP contribution >= 0.6 is 0 Å². The first-order chi connectivity index (χ1) is 17.7. The van der Waals surface area contributed by atoms with Gasteiger partial charge in [-0.2, -0.15) is 0 Å². The SMILES string of the molecule is O=C1NC(=O)C(c2cnc3ccccn23)=C1C1=NC=CN2c3c(cccc31)CC2Cc1ccncc1. The van der Waals surface area contributed by atoms with Crippen LogP contribution in [0.3, 0.4) is 0 Å². The molecule has 7 rings (SSSR count). The third-order valence-corrected chi connectivity index (χ3v) is 6.97. The number of para-hydroxylation sites is 1. The van der Waals surface area contributed by atoms with Gasteiger partial charge in [-0.1, -0.05) is 24.3 Å². The van der Waals surface area contributed by atoms with Gasteiger partial charge in [0.2, 0.25) is 0 Å². The van der Waals surface area contributed by atoms with E-state index in [9.17, 15) is 9.59 Å². The second-order valence-electron chi connectivity index (χ2n) is 9.02. The molecular formula is C28H20N6O2. The van der Waals surface area contributed by atoms with Crippen molar-refractivity contribution < 1.29 is 9.59 Å². The van der Waals surface area contributed by atoms with Gasteiger partial charge in [-0.05, 0) is 48.2 Å². The number of hydrogen-bond donors (Lipinski definition) is 1. The van der Waals surface area contributed by atoms with Crippen LogP contribution in [0, 0.1) is 0 Å². The Hall–Kier alpha value is -4.85. The minimum Gasteiger partial charge on any atom is -0.342 e. The normalized spacial score (nSPS) is 18.5. The molecular weight excluding hydrogens is 452 g/mol. The molecule has 0 aliphatic carbocycles. The van der Waals surface area contributed by atoms with E-state index in [1.807, 2.05) is 71.7 Å². The minimum atomic E-state index is -0.453. The molecule has 1 unspecified atom stereocenters. The van der Waals surface area contributed by atoms with Crippen LogP contribution in [0.5, 0.6) is 0 Å². The summed E-state index contributed by atoms with van der Waals surface area (Å²) in [6.07, 6.45) is 12.5. The zero-order valence-electron chi connectivity index (χ0n) is 19.1. The fraction of sp³-hybridized carbons (Fsp3) is 0.107. The van der Waals surface area contributed by atoms with Crippen molar-refractivity contribution in [1.29, 1.82) is 0 Å².